The number of aryl methyl sites for hydroxylation is 3. The normalized spacial score (nSPS) is 14.1. The third-order valence-electron chi connectivity index (χ3n) is 5.78. The number of phenols is 1. The van der Waals surface area contributed by atoms with Crippen molar-refractivity contribution in [2.24, 2.45) is 4.99 Å². The highest BCUT2D eigenvalue weighted by Crippen LogP contribution is 2.39. The van der Waals surface area contributed by atoms with Crippen LogP contribution in [0.3, 0.4) is 0 Å². The molecule has 0 spiro atoms. The predicted octanol–water partition coefficient (Wildman–Crippen LogP) is 6.73. The molecule has 2 N–H and O–H groups in total. The van der Waals surface area contributed by atoms with Gasteiger partial charge in [0.2, 0.25) is 0 Å². The van der Waals surface area contributed by atoms with Gasteiger partial charge < -0.3 is 10.4 Å². The summed E-state index contributed by atoms with van der Waals surface area (Å²) in [7, 11) is 0. The highest BCUT2D eigenvalue weighted by atomic mass is 32.1. The van der Waals surface area contributed by atoms with Crippen LogP contribution in [0, 0.1) is 13.8 Å². The summed E-state index contributed by atoms with van der Waals surface area (Å²) in [5.41, 5.74) is 5.47. The molecule has 1 aliphatic rings. The third-order valence-corrected chi connectivity index (χ3v) is 6.98. The quantitative estimate of drug-likeness (QED) is 0.449. The van der Waals surface area contributed by atoms with Crippen molar-refractivity contribution >= 4 is 34.1 Å². The molecule has 4 nitrogen and oxygen atoms in total. The van der Waals surface area contributed by atoms with Crippen LogP contribution < -0.4 is 5.32 Å². The average molecular weight is 433 g/mol. The van der Waals surface area contributed by atoms with Gasteiger partial charge in [0, 0.05) is 22.3 Å². The van der Waals surface area contributed by atoms with Gasteiger partial charge in [0.1, 0.15) is 10.8 Å². The molecule has 1 heterocycles. The lowest BCUT2D eigenvalue weighted by molar-refractivity contribution is 0.102. The molecule has 1 amide bonds. The summed E-state index contributed by atoms with van der Waals surface area (Å²) in [6.07, 6.45) is 8.23. The molecule has 0 radical (unpaired) electrons. The minimum absolute atomic E-state index is 0.101. The van der Waals surface area contributed by atoms with Gasteiger partial charge in [-0.25, -0.2) is 4.99 Å². The number of hydrogen-bond acceptors (Lipinski definition) is 4. The maximum Gasteiger partial charge on any atom is 0.259 e. The highest BCUT2D eigenvalue weighted by Gasteiger charge is 2.24. The fourth-order valence-electron chi connectivity index (χ4n) is 4.01. The number of carbonyl (C=O) groups is 1. The van der Waals surface area contributed by atoms with Crippen molar-refractivity contribution in [3.63, 3.8) is 0 Å². The van der Waals surface area contributed by atoms with E-state index in [2.05, 4.69) is 10.3 Å². The summed E-state index contributed by atoms with van der Waals surface area (Å²) in [6, 6.07) is 13.2. The van der Waals surface area contributed by atoms with Crippen molar-refractivity contribution in [2.45, 2.75) is 52.4 Å². The molecule has 0 fully saturated rings. The topological polar surface area (TPSA) is 61.7 Å². The number of rotatable bonds is 4. The number of thiophene rings is 1. The van der Waals surface area contributed by atoms with Crippen LogP contribution in [0.15, 0.2) is 47.5 Å². The number of benzene rings is 2. The molecule has 0 saturated carbocycles. The van der Waals surface area contributed by atoms with Crippen LogP contribution in [0.4, 0.5) is 10.7 Å². The maximum atomic E-state index is 13.5. The molecule has 0 saturated heterocycles. The van der Waals surface area contributed by atoms with Crippen molar-refractivity contribution < 1.29 is 9.90 Å². The summed E-state index contributed by atoms with van der Waals surface area (Å²) in [5, 5.41) is 13.9. The number of hydrogen-bond donors (Lipinski definition) is 2. The Labute approximate surface area is 187 Å². The Morgan fingerprint density at radius 1 is 1.06 bits per heavy atom. The minimum atomic E-state index is -0.101. The summed E-state index contributed by atoms with van der Waals surface area (Å²) in [4.78, 5) is 19.4. The minimum Gasteiger partial charge on any atom is -0.507 e. The molecule has 160 valence electrons. The van der Waals surface area contributed by atoms with E-state index < -0.39 is 0 Å². The standard InChI is InChI=1S/C26H28N2O2S/c1-17-13-14-18(2)21(15-17)28-25(30)24-20-10-5-3-4-6-12-23(20)31-26(24)27-16-19-9-7-8-11-22(19)29/h7-9,11,13-16,29H,3-6,10,12H2,1-2H3,(H,28,30). The number of aliphatic imine (C=N–C) groups is 1. The van der Waals surface area contributed by atoms with Gasteiger partial charge in [0.05, 0.1) is 5.56 Å². The molecule has 1 aliphatic carbocycles. The van der Waals surface area contributed by atoms with Crippen LogP contribution >= 0.6 is 11.3 Å². The summed E-state index contributed by atoms with van der Waals surface area (Å²) < 4.78 is 0. The van der Waals surface area contributed by atoms with Crippen molar-refractivity contribution in [3.8, 4) is 5.75 Å². The van der Waals surface area contributed by atoms with E-state index in [0.717, 1.165) is 53.1 Å². The fourth-order valence-corrected chi connectivity index (χ4v) is 5.24. The van der Waals surface area contributed by atoms with E-state index in [9.17, 15) is 9.90 Å². The number of nitrogens with one attached hydrogen (secondary N) is 1. The Balaban J connectivity index is 1.74. The van der Waals surface area contributed by atoms with Crippen LogP contribution in [0.25, 0.3) is 0 Å². The van der Waals surface area contributed by atoms with E-state index in [1.807, 2.05) is 44.2 Å². The first-order valence-corrected chi connectivity index (χ1v) is 11.7. The molecule has 0 bridgehead atoms. The number of aromatic hydroxyl groups is 1. The molecule has 4 rings (SSSR count). The molecule has 2 aromatic carbocycles. The summed E-state index contributed by atoms with van der Waals surface area (Å²) in [6.45, 7) is 4.03. The van der Waals surface area contributed by atoms with Gasteiger partial charge in [-0.3, -0.25) is 4.79 Å². The number of anilines is 1. The average Bonchev–Trinajstić information content (AvgIpc) is 3.06. The van der Waals surface area contributed by atoms with E-state index in [1.54, 1.807) is 29.7 Å². The molecule has 3 aromatic rings. The molecular formula is C26H28N2O2S. The first kappa shape index (κ1) is 21.3. The molecule has 1 aromatic heterocycles. The van der Waals surface area contributed by atoms with Crippen molar-refractivity contribution in [2.75, 3.05) is 5.32 Å². The second kappa shape index (κ2) is 9.48. The predicted molar refractivity (Wildman–Crippen MR) is 129 cm³/mol. The lowest BCUT2D eigenvalue weighted by atomic mass is 9.96. The van der Waals surface area contributed by atoms with Gasteiger partial charge in [-0.2, -0.15) is 0 Å². The fraction of sp³-hybridized carbons (Fsp3) is 0.308. The molecular weight excluding hydrogens is 404 g/mol. The lowest BCUT2D eigenvalue weighted by Crippen LogP contribution is -2.15. The number of carbonyl (C=O) groups excluding carboxylic acids is 1. The van der Waals surface area contributed by atoms with Crippen LogP contribution in [0.5, 0.6) is 5.75 Å². The van der Waals surface area contributed by atoms with Crippen molar-refractivity contribution in [3.05, 3.63) is 75.2 Å². The number of phenolic OH excluding ortho intramolecular Hbond substituents is 1. The SMILES string of the molecule is Cc1ccc(C)c(NC(=O)c2c(N=Cc3ccccc3O)sc3c2CCCCCC3)c1. The Kier molecular flexibility index (Phi) is 6.52. The zero-order chi connectivity index (χ0) is 21.8. The number of para-hydroxylation sites is 1. The molecule has 0 unspecified atom stereocenters. The second-order valence-corrected chi connectivity index (χ2v) is 9.27. The van der Waals surface area contributed by atoms with Gasteiger partial charge >= 0.3 is 0 Å². The third kappa shape index (κ3) is 4.88. The van der Waals surface area contributed by atoms with E-state index >= 15 is 0 Å². The Hall–Kier alpha value is -2.92. The number of amides is 1. The first-order valence-electron chi connectivity index (χ1n) is 10.9. The zero-order valence-corrected chi connectivity index (χ0v) is 18.9. The molecule has 31 heavy (non-hydrogen) atoms. The van der Waals surface area contributed by atoms with Crippen molar-refractivity contribution in [1.82, 2.24) is 0 Å². The lowest BCUT2D eigenvalue weighted by Gasteiger charge is -2.13. The van der Waals surface area contributed by atoms with Crippen molar-refractivity contribution in [1.29, 1.82) is 0 Å². The van der Waals surface area contributed by atoms with Gasteiger partial charge in [-0.1, -0.05) is 37.1 Å². The highest BCUT2D eigenvalue weighted by molar-refractivity contribution is 7.16. The van der Waals surface area contributed by atoms with Crippen LogP contribution in [-0.2, 0) is 12.8 Å². The van der Waals surface area contributed by atoms with Crippen LogP contribution in [0.1, 0.15) is 63.2 Å². The Morgan fingerprint density at radius 3 is 2.65 bits per heavy atom. The second-order valence-electron chi connectivity index (χ2n) is 8.19. The maximum absolute atomic E-state index is 13.5. The molecule has 0 aliphatic heterocycles. The van der Waals surface area contributed by atoms with Gasteiger partial charge in [0.25, 0.3) is 5.91 Å². The number of nitrogens with zero attached hydrogens (tertiary/aromatic N) is 1. The van der Waals surface area contributed by atoms with E-state index in [-0.39, 0.29) is 11.7 Å². The van der Waals surface area contributed by atoms with Gasteiger partial charge in [-0.05, 0) is 74.4 Å². The zero-order valence-electron chi connectivity index (χ0n) is 18.1. The van der Waals surface area contributed by atoms with Gasteiger partial charge in [-0.15, -0.1) is 11.3 Å². The Bertz CT molecular complexity index is 1130. The van der Waals surface area contributed by atoms with Gasteiger partial charge in [0.15, 0.2) is 0 Å². The monoisotopic (exact) mass is 432 g/mol. The molecule has 0 atom stereocenters. The first-order chi connectivity index (χ1) is 15.0. The van der Waals surface area contributed by atoms with E-state index in [4.69, 9.17) is 0 Å². The summed E-state index contributed by atoms with van der Waals surface area (Å²) >= 11 is 1.62. The number of fused-ring (bicyclic) bond motifs is 1. The van der Waals surface area contributed by atoms with E-state index in [0.29, 0.717) is 11.1 Å². The Morgan fingerprint density at radius 2 is 1.84 bits per heavy atom. The van der Waals surface area contributed by atoms with E-state index in [1.165, 1.54) is 17.7 Å². The van der Waals surface area contributed by atoms with Crippen LogP contribution in [-0.4, -0.2) is 17.2 Å². The summed E-state index contributed by atoms with van der Waals surface area (Å²) in [5.74, 6) is 0.0822. The largest absolute Gasteiger partial charge is 0.507 e. The smallest absolute Gasteiger partial charge is 0.259 e. The molecule has 5 heteroatoms. The van der Waals surface area contributed by atoms with Crippen LogP contribution in [0.2, 0.25) is 0 Å².